The molecule has 37 heavy (non-hydrogen) atoms. The van der Waals surface area contributed by atoms with E-state index in [4.69, 9.17) is 15.2 Å². The highest BCUT2D eigenvalue weighted by atomic mass is 32.1. The Morgan fingerprint density at radius 1 is 1.24 bits per heavy atom. The number of alkyl halides is 3. The molecule has 0 saturated heterocycles. The molecule has 0 aliphatic rings. The van der Waals surface area contributed by atoms with E-state index >= 15 is 0 Å². The molecule has 0 unspecified atom stereocenters. The van der Waals surface area contributed by atoms with Gasteiger partial charge in [-0.2, -0.15) is 18.2 Å². The minimum absolute atomic E-state index is 0.112. The number of benzene rings is 1. The first-order chi connectivity index (χ1) is 17.3. The molecule has 8 nitrogen and oxygen atoms in total. The molecule has 3 aromatic rings. The molecule has 0 saturated carbocycles. The van der Waals surface area contributed by atoms with E-state index in [9.17, 15) is 22.8 Å². The summed E-state index contributed by atoms with van der Waals surface area (Å²) in [7, 11) is 0. The lowest BCUT2D eigenvalue weighted by atomic mass is 10.1. The summed E-state index contributed by atoms with van der Waals surface area (Å²) in [6.45, 7) is 6.89. The topological polar surface area (TPSA) is 109 Å². The highest BCUT2D eigenvalue weighted by molar-refractivity contribution is 7.16. The van der Waals surface area contributed by atoms with Gasteiger partial charge in [0.1, 0.15) is 24.0 Å². The van der Waals surface area contributed by atoms with Gasteiger partial charge in [0.05, 0.1) is 27.5 Å². The average Bonchev–Trinajstić information content (AvgIpc) is 3.16. The minimum Gasteiger partial charge on any atom is -0.489 e. The van der Waals surface area contributed by atoms with Gasteiger partial charge in [0, 0.05) is 12.7 Å². The second kappa shape index (κ2) is 11.4. The number of aromatic nitrogens is 2. The zero-order chi connectivity index (χ0) is 27.4. The maximum atomic E-state index is 13.4. The van der Waals surface area contributed by atoms with Gasteiger partial charge in [0.2, 0.25) is 0 Å². The molecule has 0 bridgehead atoms. The van der Waals surface area contributed by atoms with Gasteiger partial charge in [0.25, 0.3) is 5.91 Å². The molecule has 200 valence electrons. The summed E-state index contributed by atoms with van der Waals surface area (Å²) in [5, 5.41) is 0. The van der Waals surface area contributed by atoms with Crippen LogP contribution >= 0.6 is 11.3 Å². The molecule has 0 radical (unpaired) electrons. The summed E-state index contributed by atoms with van der Waals surface area (Å²) in [5.74, 6) is -1.67. The van der Waals surface area contributed by atoms with E-state index in [2.05, 4.69) is 9.98 Å². The number of aryl methyl sites for hydroxylation is 1. The van der Waals surface area contributed by atoms with Crippen LogP contribution < -0.4 is 15.3 Å². The Bertz CT molecular complexity index is 1340. The highest BCUT2D eigenvalue weighted by Gasteiger charge is 2.32. The van der Waals surface area contributed by atoms with Gasteiger partial charge in [-0.1, -0.05) is 24.7 Å². The molecule has 3 rings (SSSR count). The van der Waals surface area contributed by atoms with Crippen molar-refractivity contribution in [2.24, 2.45) is 10.7 Å². The Morgan fingerprint density at radius 2 is 1.97 bits per heavy atom. The number of pyridine rings is 1. The number of nitrogens with two attached hydrogens (primary N) is 1. The van der Waals surface area contributed by atoms with Gasteiger partial charge in [-0.3, -0.25) is 14.6 Å². The van der Waals surface area contributed by atoms with E-state index in [1.54, 1.807) is 25.4 Å². The number of hydrogen-bond donors (Lipinski definition) is 1. The van der Waals surface area contributed by atoms with Crippen molar-refractivity contribution in [1.82, 2.24) is 9.55 Å². The number of carbonyl (C=O) groups is 2. The molecule has 2 aromatic heterocycles. The molecule has 2 N–H and O–H groups in total. The molecular weight excluding hydrogens is 509 g/mol. The fourth-order valence-corrected chi connectivity index (χ4v) is 4.28. The summed E-state index contributed by atoms with van der Waals surface area (Å²) in [5.41, 5.74) is 3.90. The monoisotopic (exact) mass is 538 g/mol. The van der Waals surface area contributed by atoms with Crippen molar-refractivity contribution in [2.45, 2.75) is 64.9 Å². The zero-order valence-corrected chi connectivity index (χ0v) is 21.8. The van der Waals surface area contributed by atoms with Crippen LogP contribution in [0.25, 0.3) is 10.2 Å². The minimum atomic E-state index is -4.67. The van der Waals surface area contributed by atoms with Gasteiger partial charge >= 0.3 is 12.1 Å². The third-order valence-corrected chi connectivity index (χ3v) is 6.32. The quantitative estimate of drug-likeness (QED) is 0.396. The third kappa shape index (κ3) is 7.16. The SMILES string of the molecule is CCCCn1/c(=N/C(=O)c2cc(C(F)(F)F)ccc2OC[C@H](C)OC(=O)C(C)(C)N)sc2ccncc21. The van der Waals surface area contributed by atoms with Crippen LogP contribution in [0.3, 0.4) is 0 Å². The number of fused-ring (bicyclic) bond motifs is 1. The number of halogens is 3. The number of thiazole rings is 1. The van der Waals surface area contributed by atoms with Crippen LogP contribution in [0.2, 0.25) is 0 Å². The number of esters is 1. The fraction of sp³-hybridized carbons (Fsp3) is 0.440. The van der Waals surface area contributed by atoms with Gasteiger partial charge in [-0.05, 0) is 51.5 Å². The number of hydrogen-bond acceptors (Lipinski definition) is 7. The van der Waals surface area contributed by atoms with Crippen molar-refractivity contribution in [3.05, 3.63) is 52.6 Å². The first kappa shape index (κ1) is 28.3. The zero-order valence-electron chi connectivity index (χ0n) is 21.0. The van der Waals surface area contributed by atoms with Gasteiger partial charge in [0.15, 0.2) is 4.80 Å². The van der Waals surface area contributed by atoms with Crippen molar-refractivity contribution in [1.29, 1.82) is 0 Å². The smallest absolute Gasteiger partial charge is 0.416 e. The summed E-state index contributed by atoms with van der Waals surface area (Å²) >= 11 is 1.24. The predicted molar refractivity (Wildman–Crippen MR) is 133 cm³/mol. The molecular formula is C25H29F3N4O4S. The van der Waals surface area contributed by atoms with E-state index in [1.807, 2.05) is 11.5 Å². The van der Waals surface area contributed by atoms with Crippen LogP contribution in [-0.2, 0) is 22.3 Å². The summed E-state index contributed by atoms with van der Waals surface area (Å²) < 4.78 is 53.8. The van der Waals surface area contributed by atoms with E-state index in [-0.39, 0.29) is 17.9 Å². The Labute approximate surface area is 215 Å². The van der Waals surface area contributed by atoms with E-state index in [0.717, 1.165) is 35.2 Å². The molecule has 0 spiro atoms. The van der Waals surface area contributed by atoms with Crippen LogP contribution in [0.1, 0.15) is 56.5 Å². The number of rotatable bonds is 9. The molecule has 1 aromatic carbocycles. The van der Waals surface area contributed by atoms with Gasteiger partial charge in [-0.15, -0.1) is 0 Å². The summed E-state index contributed by atoms with van der Waals surface area (Å²) in [6.07, 6.45) is -0.455. The molecule has 12 heteroatoms. The average molecular weight is 539 g/mol. The standard InChI is InChI=1S/C25H29F3N4O4S/c1-5-6-11-32-18-13-30-10-9-20(18)37-23(32)31-21(33)17-12-16(25(26,27)28)7-8-19(17)35-14-15(2)36-22(34)24(3,4)29/h7-10,12-13,15H,5-6,11,14,29H2,1-4H3/b31-23-/t15-/m0/s1. The lowest BCUT2D eigenvalue weighted by Gasteiger charge is -2.21. The van der Waals surface area contributed by atoms with Crippen molar-refractivity contribution < 1.29 is 32.2 Å². The van der Waals surface area contributed by atoms with Crippen LogP contribution in [0.4, 0.5) is 13.2 Å². The molecule has 0 fully saturated rings. The number of unbranched alkanes of at least 4 members (excludes halogenated alkanes) is 1. The van der Waals surface area contributed by atoms with Crippen LogP contribution in [0.5, 0.6) is 5.75 Å². The number of amides is 1. The van der Waals surface area contributed by atoms with E-state index in [0.29, 0.717) is 17.4 Å². The number of ether oxygens (including phenoxy) is 2. The molecule has 2 heterocycles. The second-order valence-electron chi connectivity index (χ2n) is 9.11. The maximum absolute atomic E-state index is 13.4. The Kier molecular flexibility index (Phi) is 8.75. The number of nitrogens with zero attached hydrogens (tertiary/aromatic N) is 3. The van der Waals surface area contributed by atoms with E-state index in [1.165, 1.54) is 25.2 Å². The second-order valence-corrected chi connectivity index (χ2v) is 10.1. The van der Waals surface area contributed by atoms with Crippen molar-refractivity contribution in [3.8, 4) is 5.75 Å². The van der Waals surface area contributed by atoms with Crippen LogP contribution in [-0.4, -0.2) is 39.7 Å². The highest BCUT2D eigenvalue weighted by Crippen LogP contribution is 2.33. The van der Waals surface area contributed by atoms with Crippen molar-refractivity contribution in [3.63, 3.8) is 0 Å². The largest absolute Gasteiger partial charge is 0.489 e. The first-order valence-corrected chi connectivity index (χ1v) is 12.5. The molecule has 0 aliphatic carbocycles. The third-order valence-electron chi connectivity index (χ3n) is 5.26. The first-order valence-electron chi connectivity index (χ1n) is 11.7. The number of carbonyl (C=O) groups excluding carboxylic acids is 2. The van der Waals surface area contributed by atoms with Crippen LogP contribution in [0, 0.1) is 0 Å². The Balaban J connectivity index is 1.98. The lowest BCUT2D eigenvalue weighted by Crippen LogP contribution is -2.44. The molecule has 0 aliphatic heterocycles. The lowest BCUT2D eigenvalue weighted by molar-refractivity contribution is -0.154. The summed E-state index contributed by atoms with van der Waals surface area (Å²) in [4.78, 5) is 33.9. The maximum Gasteiger partial charge on any atom is 0.416 e. The predicted octanol–water partition coefficient (Wildman–Crippen LogP) is 4.71. The molecule has 1 amide bonds. The van der Waals surface area contributed by atoms with Gasteiger partial charge in [-0.25, -0.2) is 0 Å². The van der Waals surface area contributed by atoms with Crippen LogP contribution in [0.15, 0.2) is 41.7 Å². The van der Waals surface area contributed by atoms with Crippen molar-refractivity contribution >= 4 is 33.4 Å². The fourth-order valence-electron chi connectivity index (χ4n) is 3.26. The van der Waals surface area contributed by atoms with Gasteiger partial charge < -0.3 is 19.8 Å². The Morgan fingerprint density at radius 3 is 2.62 bits per heavy atom. The van der Waals surface area contributed by atoms with E-state index < -0.39 is 35.3 Å². The Hall–Kier alpha value is -3.25. The van der Waals surface area contributed by atoms with Crippen molar-refractivity contribution in [2.75, 3.05) is 6.61 Å². The normalized spacial score (nSPS) is 13.6. The summed E-state index contributed by atoms with van der Waals surface area (Å²) in [6, 6.07) is 4.38. The molecule has 1 atom stereocenters.